The van der Waals surface area contributed by atoms with Crippen molar-refractivity contribution in [2.24, 2.45) is 20.5 Å². The first kappa shape index (κ1) is 52.4. The van der Waals surface area contributed by atoms with Crippen molar-refractivity contribution in [2.45, 2.75) is 31.4 Å². The van der Waals surface area contributed by atoms with E-state index < -0.39 is 76.4 Å². The zero-order chi connectivity index (χ0) is 51.5. The summed E-state index contributed by atoms with van der Waals surface area (Å²) in [5, 5.41) is 31.7. The van der Waals surface area contributed by atoms with E-state index >= 15 is 0 Å². The molecule has 1 aliphatic heterocycles. The van der Waals surface area contributed by atoms with Gasteiger partial charge in [-0.2, -0.15) is 72.4 Å². The number of rotatable bonds is 21. The van der Waals surface area contributed by atoms with Crippen LogP contribution in [-0.4, -0.2) is 109 Å². The second kappa shape index (κ2) is 20.7. The maximum Gasteiger partial charge on any atom is 0.296 e. The van der Waals surface area contributed by atoms with Gasteiger partial charge in [-0.25, -0.2) is 5.26 Å². The van der Waals surface area contributed by atoms with Gasteiger partial charge < -0.3 is 20.3 Å². The van der Waals surface area contributed by atoms with Gasteiger partial charge in [0, 0.05) is 27.4 Å². The van der Waals surface area contributed by atoms with E-state index in [2.05, 4.69) is 55.4 Å². The zero-order valence-electron chi connectivity index (χ0n) is 35.1. The molecule has 0 radical (unpaired) electrons. The summed E-state index contributed by atoms with van der Waals surface area (Å²) in [7, 11) is -23.6. The number of hydrogen-bond acceptors (Lipinski definition) is 25. The summed E-state index contributed by atoms with van der Waals surface area (Å²) in [6.07, 6.45) is -0.205. The number of nitrogens with one attached hydrogen (secondary N) is 2. The topological polar surface area (TPSA) is 435 Å². The average Bonchev–Trinajstić information content (AvgIpc) is 4.11. The van der Waals surface area contributed by atoms with Crippen molar-refractivity contribution in [2.75, 3.05) is 34.4 Å². The molecule has 7 rings (SSSR count). The van der Waals surface area contributed by atoms with Crippen LogP contribution >= 0.6 is 12.0 Å². The predicted octanol–water partition coefficient (Wildman–Crippen LogP) is 6.20. The summed E-state index contributed by atoms with van der Waals surface area (Å²) < 4.78 is 178. The second-order valence-electron chi connectivity index (χ2n) is 14.3. The average molecular weight is 1100 g/mol. The highest BCUT2D eigenvalue weighted by Crippen LogP contribution is 2.37. The highest BCUT2D eigenvalue weighted by molar-refractivity contribution is 7.94. The van der Waals surface area contributed by atoms with Gasteiger partial charge in [-0.05, 0) is 79.2 Å². The fourth-order valence-corrected chi connectivity index (χ4v) is 9.99. The van der Waals surface area contributed by atoms with E-state index in [0.29, 0.717) is 12.0 Å². The molecule has 0 spiro atoms. The number of nitrogens with zero attached hydrogens (tertiary/aromatic N) is 8. The fourth-order valence-electron chi connectivity index (χ4n) is 6.19. The van der Waals surface area contributed by atoms with Crippen molar-refractivity contribution in [3.63, 3.8) is 0 Å². The molecule has 8 N–H and O–H groups in total. The van der Waals surface area contributed by atoms with Crippen LogP contribution in [0.2, 0.25) is 0 Å². The lowest BCUT2D eigenvalue weighted by Gasteiger charge is -2.15. The monoisotopic (exact) mass is 1100 g/mol. The van der Waals surface area contributed by atoms with Crippen LogP contribution in [0.15, 0.2) is 131 Å². The Morgan fingerprint density at radius 2 is 1.30 bits per heavy atom. The first-order valence-corrected chi connectivity index (χ1v) is 27.4. The van der Waals surface area contributed by atoms with Gasteiger partial charge >= 0.3 is 0 Å². The first-order valence-electron chi connectivity index (χ1n) is 19.2. The Hall–Kier alpha value is -6.45. The van der Waals surface area contributed by atoms with E-state index in [9.17, 15) is 64.9 Å². The molecular weight excluding hydrogens is 1070 g/mol. The molecule has 2 heterocycles. The molecular formula is C36H32N10O19S6. The molecule has 0 aliphatic carbocycles. The largest absolute Gasteiger partial charge is 0.491 e. The third kappa shape index (κ3) is 13.9. The normalized spacial score (nSPS) is 14.6. The molecule has 1 atom stereocenters. The molecule has 1 unspecified atom stereocenters. The van der Waals surface area contributed by atoms with Gasteiger partial charge in [-0.3, -0.25) is 22.8 Å². The molecule has 376 valence electrons. The number of hydrogen-bond donors (Lipinski definition) is 8. The summed E-state index contributed by atoms with van der Waals surface area (Å²) in [6, 6.07) is 18.6. The highest BCUT2D eigenvalue weighted by Gasteiger charge is 2.46. The van der Waals surface area contributed by atoms with Crippen LogP contribution in [0.3, 0.4) is 0 Å². The quantitative estimate of drug-likeness (QED) is 0.00756. The van der Waals surface area contributed by atoms with Crippen LogP contribution < -0.4 is 20.3 Å². The van der Waals surface area contributed by atoms with E-state index in [4.69, 9.17) is 9.99 Å². The minimum Gasteiger partial charge on any atom is -0.491 e. The Morgan fingerprint density at radius 3 is 1.93 bits per heavy atom. The maximum atomic E-state index is 12.2. The Bertz CT molecular complexity index is 3690. The Kier molecular flexibility index (Phi) is 15.3. The van der Waals surface area contributed by atoms with Gasteiger partial charge in [0.05, 0.1) is 53.7 Å². The van der Waals surface area contributed by atoms with Crippen LogP contribution in [0.4, 0.5) is 52.0 Å². The summed E-state index contributed by atoms with van der Waals surface area (Å²) in [5.74, 6) is -1.46. The van der Waals surface area contributed by atoms with Gasteiger partial charge in [-0.15, -0.1) is 9.45 Å². The Balaban J connectivity index is 1.18. The van der Waals surface area contributed by atoms with Crippen molar-refractivity contribution in [3.05, 3.63) is 91.0 Å². The molecule has 1 fully saturated rings. The molecule has 71 heavy (non-hydrogen) atoms. The number of anilines is 5. The molecule has 29 nitrogen and oxygen atoms in total. The molecule has 1 aliphatic rings. The van der Waals surface area contributed by atoms with Crippen molar-refractivity contribution in [1.29, 1.82) is 0 Å². The maximum absolute atomic E-state index is 12.2. The number of ether oxygens (including phenoxy) is 1. The van der Waals surface area contributed by atoms with Crippen LogP contribution in [0.5, 0.6) is 5.75 Å². The van der Waals surface area contributed by atoms with Crippen LogP contribution in [0, 0.1) is 0 Å². The van der Waals surface area contributed by atoms with E-state index in [1.807, 2.05) is 0 Å². The number of benzene rings is 5. The first-order chi connectivity index (χ1) is 33.2. The van der Waals surface area contributed by atoms with Gasteiger partial charge in [-0.1, -0.05) is 17.2 Å². The summed E-state index contributed by atoms with van der Waals surface area (Å²) in [5.41, 5.74) is -0.0349. The molecule has 0 amide bonds. The third-order valence-corrected chi connectivity index (χ3v) is 14.5. The minimum atomic E-state index is -4.93. The predicted molar refractivity (Wildman–Crippen MR) is 247 cm³/mol. The van der Waals surface area contributed by atoms with Gasteiger partial charge in [0.1, 0.15) is 26.1 Å². The van der Waals surface area contributed by atoms with Crippen molar-refractivity contribution >= 4 is 125 Å². The molecule has 0 bridgehead atoms. The van der Waals surface area contributed by atoms with Crippen LogP contribution in [0.1, 0.15) is 6.42 Å². The Morgan fingerprint density at radius 1 is 0.648 bits per heavy atom. The second-order valence-corrected chi connectivity index (χ2v) is 22.4. The van der Waals surface area contributed by atoms with Gasteiger partial charge in [0.25, 0.3) is 50.6 Å². The van der Waals surface area contributed by atoms with Gasteiger partial charge in [0.2, 0.25) is 17.8 Å². The number of aromatic nitrogens is 3. The summed E-state index contributed by atoms with van der Waals surface area (Å²) in [4.78, 5) is 12.0. The van der Waals surface area contributed by atoms with Crippen molar-refractivity contribution in [3.8, 4) is 5.75 Å². The SMILES string of the molecule is O=S(=O)(O)CCCOc1cc(N=Nc2ccc(SOOO)cc2S(=O)(=O)O)ccc1Nc1nc(Nc2ccc(N=Nc3cc(S(=O)(=O)O)c4cccc(S(=O)(=O)O)c4c3)cc2)nc(N2CC2S(=O)(=O)O)n1. The molecule has 35 heteroatoms. The lowest BCUT2D eigenvalue weighted by atomic mass is 10.1. The van der Waals surface area contributed by atoms with E-state index in [1.165, 1.54) is 60.7 Å². The standard InChI is InChI=1S/C36H32N10O19S6/c47-64-65-66-24-10-12-28(32(18-24)70(57,58)59)45-43-22-9-11-27(29(16-22)63-13-2-14-67(48,49)50)38-35-39-34(40-36(41-35)46-19-33(46)71(60,61)62)37-20-5-7-21(8-6-20)42-44-23-15-26-25(31(17-23)69(54,55)56)3-1-4-30(26)68(51,52)53/h1,3-12,15-18,33,47H,2,13-14,19H2,(H,48,49,50)(H,51,52,53)(H,54,55,56)(H,57,58,59)(H,60,61,62)(H2,37,38,39,40,41). The molecule has 1 saturated heterocycles. The summed E-state index contributed by atoms with van der Waals surface area (Å²) in [6.45, 7) is -0.521. The highest BCUT2D eigenvalue weighted by atomic mass is 32.2. The van der Waals surface area contributed by atoms with Crippen molar-refractivity contribution < 1.29 is 84.2 Å². The van der Waals surface area contributed by atoms with Crippen LogP contribution in [0.25, 0.3) is 10.8 Å². The van der Waals surface area contributed by atoms with Crippen LogP contribution in [-0.2, 0) is 60.0 Å². The number of fused-ring (bicyclic) bond motifs is 1. The smallest absolute Gasteiger partial charge is 0.296 e. The minimum absolute atomic E-state index is 0.00486. The van der Waals surface area contributed by atoms with Gasteiger partial charge in [0.15, 0.2) is 5.37 Å². The van der Waals surface area contributed by atoms with E-state index in [-0.39, 0.29) is 93.0 Å². The van der Waals surface area contributed by atoms with E-state index in [1.54, 1.807) is 0 Å². The Labute approximate surface area is 405 Å². The third-order valence-electron chi connectivity index (χ3n) is 9.31. The van der Waals surface area contributed by atoms with Crippen molar-refractivity contribution in [1.82, 2.24) is 15.0 Å². The van der Waals surface area contributed by atoms with E-state index in [0.717, 1.165) is 35.2 Å². The lowest BCUT2D eigenvalue weighted by molar-refractivity contribution is -0.432. The summed E-state index contributed by atoms with van der Waals surface area (Å²) >= 11 is 0.402. The zero-order valence-corrected chi connectivity index (χ0v) is 40.0. The number of azo groups is 2. The molecule has 6 aromatic rings. The molecule has 0 saturated carbocycles. The molecule has 1 aromatic heterocycles. The lowest BCUT2D eigenvalue weighted by Crippen LogP contribution is -2.15. The fraction of sp³-hybridized carbons (Fsp3) is 0.139. The molecule has 5 aromatic carbocycles.